The van der Waals surface area contributed by atoms with Gasteiger partial charge in [0.1, 0.15) is 11.4 Å². The largest absolute Gasteiger partial charge is 0.507 e. The molecule has 0 bridgehead atoms. The number of amides is 1. The third-order valence-electron chi connectivity index (χ3n) is 5.01. The molecule has 1 aromatic heterocycles. The van der Waals surface area contributed by atoms with Gasteiger partial charge in [-0.1, -0.05) is 5.16 Å². The molecule has 0 spiro atoms. The Hall–Kier alpha value is -2.28. The van der Waals surface area contributed by atoms with E-state index >= 15 is 0 Å². The van der Waals surface area contributed by atoms with E-state index in [9.17, 15) is 15.0 Å². The fourth-order valence-electron chi connectivity index (χ4n) is 3.50. The number of rotatable bonds is 4. The molecular weight excluding hydrogens is 348 g/mol. The zero-order chi connectivity index (χ0) is 19.6. The summed E-state index contributed by atoms with van der Waals surface area (Å²) >= 11 is 0. The lowest BCUT2D eigenvalue weighted by atomic mass is 9.91. The molecule has 2 N–H and O–H groups in total. The third-order valence-corrected chi connectivity index (χ3v) is 5.01. The zero-order valence-electron chi connectivity index (χ0n) is 16.2. The lowest BCUT2D eigenvalue weighted by Gasteiger charge is -2.33. The lowest BCUT2D eigenvalue weighted by molar-refractivity contribution is 0.0181. The second-order valence-corrected chi connectivity index (χ2v) is 8.18. The molecule has 0 aliphatic carbocycles. The fraction of sp³-hybridized carbons (Fsp3) is 0.600. The number of aromatic nitrogens is 1. The molecule has 0 saturated carbocycles. The van der Waals surface area contributed by atoms with E-state index in [0.717, 1.165) is 36.8 Å². The van der Waals surface area contributed by atoms with Crippen LogP contribution in [0.5, 0.6) is 5.75 Å². The van der Waals surface area contributed by atoms with Crippen molar-refractivity contribution < 1.29 is 24.3 Å². The summed E-state index contributed by atoms with van der Waals surface area (Å²) in [6, 6.07) is 3.34. The SMILES string of the molecule is CC(C)(C)OC(=O)N1CCC(CCc2noc3c(CO)c(O)ccc23)CC1. The van der Waals surface area contributed by atoms with E-state index in [1.807, 2.05) is 20.8 Å². The van der Waals surface area contributed by atoms with Crippen molar-refractivity contribution in [1.29, 1.82) is 0 Å². The van der Waals surface area contributed by atoms with Crippen LogP contribution in [0.15, 0.2) is 16.7 Å². The number of nitrogens with zero attached hydrogens (tertiary/aromatic N) is 2. The van der Waals surface area contributed by atoms with Crippen LogP contribution < -0.4 is 0 Å². The van der Waals surface area contributed by atoms with Gasteiger partial charge in [0.2, 0.25) is 0 Å². The highest BCUT2D eigenvalue weighted by Crippen LogP contribution is 2.31. The van der Waals surface area contributed by atoms with Gasteiger partial charge in [0.15, 0.2) is 5.58 Å². The molecule has 3 rings (SSSR count). The maximum absolute atomic E-state index is 12.1. The number of benzene rings is 1. The number of piperidine rings is 1. The first kappa shape index (κ1) is 19.5. The van der Waals surface area contributed by atoms with E-state index < -0.39 is 5.60 Å². The average Bonchev–Trinajstić information content (AvgIpc) is 3.02. The maximum atomic E-state index is 12.1. The van der Waals surface area contributed by atoms with Crippen molar-refractivity contribution in [2.24, 2.45) is 5.92 Å². The summed E-state index contributed by atoms with van der Waals surface area (Å²) in [7, 11) is 0. The minimum atomic E-state index is -0.468. The van der Waals surface area contributed by atoms with Crippen LogP contribution in [-0.2, 0) is 17.8 Å². The maximum Gasteiger partial charge on any atom is 0.410 e. The van der Waals surface area contributed by atoms with Gasteiger partial charge < -0.3 is 24.4 Å². The fourth-order valence-corrected chi connectivity index (χ4v) is 3.50. The number of likely N-dealkylation sites (tertiary alicyclic amines) is 1. The number of aryl methyl sites for hydroxylation is 1. The Morgan fingerprint density at radius 3 is 2.67 bits per heavy atom. The molecule has 0 radical (unpaired) electrons. The van der Waals surface area contributed by atoms with E-state index in [4.69, 9.17) is 9.26 Å². The Morgan fingerprint density at radius 1 is 1.33 bits per heavy atom. The quantitative estimate of drug-likeness (QED) is 0.846. The van der Waals surface area contributed by atoms with Gasteiger partial charge in [-0.05, 0) is 64.5 Å². The Morgan fingerprint density at radius 2 is 2.04 bits per heavy atom. The summed E-state index contributed by atoms with van der Waals surface area (Å²) in [5.74, 6) is 0.534. The normalized spacial score (nSPS) is 16.1. The first-order chi connectivity index (χ1) is 12.8. The van der Waals surface area contributed by atoms with Crippen LogP contribution in [0.4, 0.5) is 4.79 Å². The van der Waals surface area contributed by atoms with E-state index in [0.29, 0.717) is 30.2 Å². The van der Waals surface area contributed by atoms with Crippen molar-refractivity contribution in [1.82, 2.24) is 10.1 Å². The average molecular weight is 376 g/mol. The highest BCUT2D eigenvalue weighted by molar-refractivity contribution is 5.84. The van der Waals surface area contributed by atoms with Crippen molar-refractivity contribution in [2.75, 3.05) is 13.1 Å². The van der Waals surface area contributed by atoms with Crippen LogP contribution in [-0.4, -0.2) is 45.1 Å². The molecular formula is C20H28N2O5. The number of ether oxygens (including phenoxy) is 1. The highest BCUT2D eigenvalue weighted by atomic mass is 16.6. The molecule has 7 nitrogen and oxygen atoms in total. The molecule has 2 heterocycles. The monoisotopic (exact) mass is 376 g/mol. The van der Waals surface area contributed by atoms with Crippen molar-refractivity contribution in [3.05, 3.63) is 23.4 Å². The molecule has 1 aromatic carbocycles. The Balaban J connectivity index is 1.55. The van der Waals surface area contributed by atoms with Crippen molar-refractivity contribution in [3.8, 4) is 5.75 Å². The molecule has 7 heteroatoms. The Kier molecular flexibility index (Phi) is 5.60. The summed E-state index contributed by atoms with van der Waals surface area (Å²) in [5.41, 5.74) is 1.20. The summed E-state index contributed by atoms with van der Waals surface area (Å²) in [5, 5.41) is 24.2. The molecule has 27 heavy (non-hydrogen) atoms. The topological polar surface area (TPSA) is 96.0 Å². The van der Waals surface area contributed by atoms with E-state index in [1.54, 1.807) is 17.0 Å². The second-order valence-electron chi connectivity index (χ2n) is 8.18. The van der Waals surface area contributed by atoms with E-state index in [1.165, 1.54) is 0 Å². The highest BCUT2D eigenvalue weighted by Gasteiger charge is 2.27. The smallest absolute Gasteiger partial charge is 0.410 e. The Bertz CT molecular complexity index is 801. The number of aliphatic hydroxyl groups is 1. The molecule has 0 unspecified atom stereocenters. The van der Waals surface area contributed by atoms with Gasteiger partial charge in [0.25, 0.3) is 0 Å². The molecule has 148 valence electrons. The molecule has 1 amide bonds. The minimum Gasteiger partial charge on any atom is -0.507 e. The number of fused-ring (bicyclic) bond motifs is 1. The van der Waals surface area contributed by atoms with Crippen LogP contribution in [0, 0.1) is 5.92 Å². The first-order valence-electron chi connectivity index (χ1n) is 9.46. The zero-order valence-corrected chi connectivity index (χ0v) is 16.2. The minimum absolute atomic E-state index is 0.0159. The van der Waals surface area contributed by atoms with Crippen LogP contribution in [0.3, 0.4) is 0 Å². The van der Waals surface area contributed by atoms with Crippen LogP contribution >= 0.6 is 0 Å². The summed E-state index contributed by atoms with van der Waals surface area (Å²) in [6.45, 7) is 6.76. The Labute approximate surface area is 158 Å². The summed E-state index contributed by atoms with van der Waals surface area (Å²) in [6.07, 6.45) is 3.37. The summed E-state index contributed by atoms with van der Waals surface area (Å²) < 4.78 is 10.8. The molecule has 0 atom stereocenters. The van der Waals surface area contributed by atoms with Gasteiger partial charge in [-0.25, -0.2) is 4.79 Å². The number of carbonyl (C=O) groups is 1. The molecule has 1 saturated heterocycles. The van der Waals surface area contributed by atoms with Crippen molar-refractivity contribution in [3.63, 3.8) is 0 Å². The number of carbonyl (C=O) groups excluding carboxylic acids is 1. The van der Waals surface area contributed by atoms with Gasteiger partial charge in [-0.3, -0.25) is 0 Å². The van der Waals surface area contributed by atoms with Gasteiger partial charge in [0, 0.05) is 18.5 Å². The molecule has 1 aliphatic rings. The van der Waals surface area contributed by atoms with Gasteiger partial charge >= 0.3 is 6.09 Å². The van der Waals surface area contributed by atoms with Crippen molar-refractivity contribution >= 4 is 17.1 Å². The second kappa shape index (κ2) is 7.76. The molecule has 1 fully saturated rings. The molecule has 1 aliphatic heterocycles. The van der Waals surface area contributed by atoms with Crippen LogP contribution in [0.1, 0.15) is 51.3 Å². The van der Waals surface area contributed by atoms with Crippen molar-refractivity contribution in [2.45, 2.75) is 58.7 Å². The predicted octanol–water partition coefficient (Wildman–Crippen LogP) is 3.61. The van der Waals surface area contributed by atoms with Crippen LogP contribution in [0.2, 0.25) is 0 Å². The number of aliphatic hydroxyl groups excluding tert-OH is 1. The third kappa shape index (κ3) is 4.53. The van der Waals surface area contributed by atoms with E-state index in [2.05, 4.69) is 5.16 Å². The number of aromatic hydroxyl groups is 1. The van der Waals surface area contributed by atoms with Crippen LogP contribution in [0.25, 0.3) is 11.0 Å². The predicted molar refractivity (Wildman–Crippen MR) is 100 cm³/mol. The van der Waals surface area contributed by atoms with Gasteiger partial charge in [-0.15, -0.1) is 0 Å². The molecule has 2 aromatic rings. The standard InChI is InChI=1S/C20H28N2O5/c1-20(2,3)26-19(25)22-10-8-13(9-11-22)4-6-16-14-5-7-17(24)15(12-23)18(14)27-21-16/h5,7,13,23-24H,4,6,8-12H2,1-3H3. The van der Waals surface area contributed by atoms with Gasteiger partial charge in [0.05, 0.1) is 17.9 Å². The number of hydrogen-bond acceptors (Lipinski definition) is 6. The lowest BCUT2D eigenvalue weighted by Crippen LogP contribution is -2.41. The van der Waals surface area contributed by atoms with E-state index in [-0.39, 0.29) is 18.4 Å². The number of phenols is 1. The van der Waals surface area contributed by atoms with Gasteiger partial charge in [-0.2, -0.15) is 0 Å². The number of hydrogen-bond donors (Lipinski definition) is 2. The first-order valence-corrected chi connectivity index (χ1v) is 9.46. The summed E-state index contributed by atoms with van der Waals surface area (Å²) in [4.78, 5) is 13.9.